The number of benzene rings is 3. The predicted octanol–water partition coefficient (Wildman–Crippen LogP) is 2.32. The third-order valence-corrected chi connectivity index (χ3v) is 6.98. The van der Waals surface area contributed by atoms with Gasteiger partial charge in [-0.1, -0.05) is 91.0 Å². The summed E-state index contributed by atoms with van der Waals surface area (Å²) < 4.78 is 0. The van der Waals surface area contributed by atoms with Crippen molar-refractivity contribution in [1.29, 1.82) is 0 Å². The van der Waals surface area contributed by atoms with Crippen molar-refractivity contribution in [1.82, 2.24) is 21.3 Å². The third kappa shape index (κ3) is 8.99. The van der Waals surface area contributed by atoms with Crippen LogP contribution in [0.15, 0.2) is 97.1 Å². The Labute approximate surface area is 244 Å². The highest BCUT2D eigenvalue weighted by atomic mass is 16.2. The van der Waals surface area contributed by atoms with Gasteiger partial charge in [0.1, 0.15) is 6.04 Å². The van der Waals surface area contributed by atoms with Crippen LogP contribution in [-0.2, 0) is 36.9 Å². The van der Waals surface area contributed by atoms with Crippen LogP contribution < -0.4 is 21.3 Å². The fraction of sp³-hybridized carbons (Fsp3) is 0.242. The van der Waals surface area contributed by atoms with Gasteiger partial charge < -0.3 is 21.3 Å². The number of carbonyl (C=O) groups is 5. The summed E-state index contributed by atoms with van der Waals surface area (Å²) in [5.74, 6) is -3.60. The second kappa shape index (κ2) is 15.1. The van der Waals surface area contributed by atoms with Crippen LogP contribution in [0.4, 0.5) is 0 Å². The largest absolute Gasteiger partial charge is 0.356 e. The monoisotopic (exact) mass is 566 g/mol. The number of Topliss-reactive ketones (excluding diaryl/α,β-unsaturated/α-hetero) is 1. The molecule has 1 heterocycles. The van der Waals surface area contributed by atoms with E-state index in [2.05, 4.69) is 21.3 Å². The zero-order chi connectivity index (χ0) is 29.7. The van der Waals surface area contributed by atoms with Crippen LogP contribution in [0.2, 0.25) is 0 Å². The first-order chi connectivity index (χ1) is 20.4. The molecule has 0 aliphatic carbocycles. The first kappa shape index (κ1) is 29.9. The van der Waals surface area contributed by atoms with Crippen molar-refractivity contribution < 1.29 is 24.0 Å². The molecule has 0 saturated carbocycles. The predicted molar refractivity (Wildman–Crippen MR) is 159 cm³/mol. The first-order valence-corrected chi connectivity index (χ1v) is 13.9. The number of hydrogen-bond acceptors (Lipinski definition) is 5. The SMILES string of the molecule is O=C(/C=C/c1ccccc1)N[C@@H](Cc1ccccc1)C(=O)N[C@@H](CC1CCNC1=O)C(=O)C(=O)NCc1ccccc1. The third-order valence-electron chi connectivity index (χ3n) is 6.98. The van der Waals surface area contributed by atoms with Crippen molar-refractivity contribution in [3.8, 4) is 0 Å². The average molecular weight is 567 g/mol. The number of amides is 4. The Morgan fingerprint density at radius 3 is 2.05 bits per heavy atom. The molecule has 4 rings (SSSR count). The zero-order valence-electron chi connectivity index (χ0n) is 23.1. The van der Waals surface area contributed by atoms with Gasteiger partial charge in [0.05, 0.1) is 6.04 Å². The lowest BCUT2D eigenvalue weighted by Crippen LogP contribution is -2.55. The van der Waals surface area contributed by atoms with E-state index in [0.717, 1.165) is 16.7 Å². The van der Waals surface area contributed by atoms with Crippen molar-refractivity contribution >= 4 is 35.5 Å². The molecular formula is C33H34N4O5. The van der Waals surface area contributed by atoms with Crippen molar-refractivity contribution in [2.45, 2.75) is 37.9 Å². The van der Waals surface area contributed by atoms with E-state index in [1.165, 1.54) is 6.08 Å². The smallest absolute Gasteiger partial charge is 0.289 e. The summed E-state index contributed by atoms with van der Waals surface area (Å²) in [7, 11) is 0. The van der Waals surface area contributed by atoms with E-state index >= 15 is 0 Å². The van der Waals surface area contributed by atoms with E-state index in [9.17, 15) is 24.0 Å². The van der Waals surface area contributed by atoms with Crippen LogP contribution >= 0.6 is 0 Å². The van der Waals surface area contributed by atoms with Gasteiger partial charge in [-0.15, -0.1) is 0 Å². The fourth-order valence-electron chi connectivity index (χ4n) is 4.70. The second-order valence-corrected chi connectivity index (χ2v) is 10.1. The Kier molecular flexibility index (Phi) is 10.7. The summed E-state index contributed by atoms with van der Waals surface area (Å²) in [5, 5.41) is 10.7. The van der Waals surface area contributed by atoms with Gasteiger partial charge in [-0.3, -0.25) is 24.0 Å². The van der Waals surface area contributed by atoms with Crippen LogP contribution in [0.25, 0.3) is 6.08 Å². The summed E-state index contributed by atoms with van der Waals surface area (Å²) in [6.45, 7) is 0.593. The molecule has 9 nitrogen and oxygen atoms in total. The van der Waals surface area contributed by atoms with E-state index in [0.29, 0.717) is 13.0 Å². The summed E-state index contributed by atoms with van der Waals surface area (Å²) in [5.41, 5.74) is 2.42. The minimum Gasteiger partial charge on any atom is -0.356 e. The van der Waals surface area contributed by atoms with Gasteiger partial charge in [-0.25, -0.2) is 0 Å². The van der Waals surface area contributed by atoms with Crippen LogP contribution in [0.1, 0.15) is 29.5 Å². The quantitative estimate of drug-likeness (QED) is 0.186. The molecule has 3 aromatic rings. The van der Waals surface area contributed by atoms with Crippen LogP contribution in [0, 0.1) is 5.92 Å². The van der Waals surface area contributed by atoms with E-state index in [1.54, 1.807) is 6.08 Å². The number of ketones is 1. The number of nitrogens with one attached hydrogen (secondary N) is 4. The van der Waals surface area contributed by atoms with Gasteiger partial charge in [-0.05, 0) is 35.6 Å². The maximum absolute atomic E-state index is 13.6. The molecule has 4 amide bonds. The molecule has 1 fully saturated rings. The van der Waals surface area contributed by atoms with Gasteiger partial charge in [0.2, 0.25) is 23.5 Å². The molecule has 0 aromatic heterocycles. The molecule has 0 bridgehead atoms. The molecule has 0 spiro atoms. The first-order valence-electron chi connectivity index (χ1n) is 13.9. The Morgan fingerprint density at radius 2 is 1.43 bits per heavy atom. The summed E-state index contributed by atoms with van der Waals surface area (Å²) in [6, 6.07) is 25.2. The summed E-state index contributed by atoms with van der Waals surface area (Å²) >= 11 is 0. The molecule has 1 saturated heterocycles. The van der Waals surface area contributed by atoms with E-state index in [1.807, 2.05) is 91.0 Å². The van der Waals surface area contributed by atoms with Gasteiger partial charge in [0, 0.05) is 31.5 Å². The van der Waals surface area contributed by atoms with E-state index < -0.39 is 41.5 Å². The minimum atomic E-state index is -1.25. The van der Waals surface area contributed by atoms with Gasteiger partial charge in [-0.2, -0.15) is 0 Å². The van der Waals surface area contributed by atoms with Crippen LogP contribution in [0.5, 0.6) is 0 Å². The lowest BCUT2D eigenvalue weighted by molar-refractivity contribution is -0.141. The molecule has 0 radical (unpaired) electrons. The molecule has 9 heteroatoms. The van der Waals surface area contributed by atoms with Crippen molar-refractivity contribution in [3.63, 3.8) is 0 Å². The lowest BCUT2D eigenvalue weighted by atomic mass is 9.94. The normalized spacial score (nSPS) is 15.8. The highest BCUT2D eigenvalue weighted by molar-refractivity contribution is 6.38. The average Bonchev–Trinajstić information content (AvgIpc) is 3.43. The Hall–Kier alpha value is -5.05. The highest BCUT2D eigenvalue weighted by Crippen LogP contribution is 2.17. The Balaban J connectivity index is 1.49. The lowest BCUT2D eigenvalue weighted by Gasteiger charge is -2.24. The maximum Gasteiger partial charge on any atom is 0.289 e. The topological polar surface area (TPSA) is 133 Å². The number of hydrogen-bond donors (Lipinski definition) is 4. The standard InChI is InChI=1S/C33H34N4O5/c38-29(17-16-23-10-4-1-5-11-23)36-28(20-24-12-6-2-7-13-24)32(41)37-27(21-26-18-19-34-31(26)40)30(39)33(42)35-22-25-14-8-3-9-15-25/h1-17,26-28H,18-22H2,(H,34,40)(H,35,42)(H,36,38)(H,37,41)/b17-16+/t26?,27-,28-/m0/s1. The number of rotatable bonds is 13. The maximum atomic E-state index is 13.6. The molecule has 3 aromatic carbocycles. The van der Waals surface area contributed by atoms with Crippen molar-refractivity contribution in [2.24, 2.45) is 5.92 Å². The van der Waals surface area contributed by atoms with E-state index in [-0.39, 0.29) is 25.3 Å². The minimum absolute atomic E-state index is 0.0327. The molecule has 3 atom stereocenters. The van der Waals surface area contributed by atoms with Gasteiger partial charge in [0.15, 0.2) is 0 Å². The van der Waals surface area contributed by atoms with Crippen molar-refractivity contribution in [2.75, 3.05) is 6.54 Å². The van der Waals surface area contributed by atoms with Crippen LogP contribution in [0.3, 0.4) is 0 Å². The fourth-order valence-corrected chi connectivity index (χ4v) is 4.70. The molecule has 1 aliphatic rings. The molecule has 216 valence electrons. The van der Waals surface area contributed by atoms with Crippen molar-refractivity contribution in [3.05, 3.63) is 114 Å². The summed E-state index contributed by atoms with van der Waals surface area (Å²) in [6.07, 6.45) is 3.58. The number of carbonyl (C=O) groups excluding carboxylic acids is 5. The Bertz CT molecular complexity index is 1410. The molecular weight excluding hydrogens is 532 g/mol. The van der Waals surface area contributed by atoms with E-state index in [4.69, 9.17) is 0 Å². The zero-order valence-corrected chi connectivity index (χ0v) is 23.1. The second-order valence-electron chi connectivity index (χ2n) is 10.1. The van der Waals surface area contributed by atoms with Gasteiger partial charge >= 0.3 is 0 Å². The summed E-state index contributed by atoms with van der Waals surface area (Å²) in [4.78, 5) is 64.9. The molecule has 1 aliphatic heterocycles. The molecule has 4 N–H and O–H groups in total. The Morgan fingerprint density at radius 1 is 0.810 bits per heavy atom. The van der Waals surface area contributed by atoms with Crippen LogP contribution in [-0.4, -0.2) is 48.0 Å². The van der Waals surface area contributed by atoms with Gasteiger partial charge in [0.25, 0.3) is 5.91 Å². The molecule has 42 heavy (non-hydrogen) atoms. The molecule has 1 unspecified atom stereocenters. The highest BCUT2D eigenvalue weighted by Gasteiger charge is 2.35.